The molecule has 0 radical (unpaired) electrons. The summed E-state index contributed by atoms with van der Waals surface area (Å²) in [5.41, 5.74) is 0.903. The number of amides is 1. The Balaban J connectivity index is 1.96. The fourth-order valence-electron chi connectivity index (χ4n) is 2.28. The van der Waals surface area contributed by atoms with Crippen molar-refractivity contribution in [2.45, 2.75) is 25.0 Å². The van der Waals surface area contributed by atoms with Crippen molar-refractivity contribution in [1.82, 2.24) is 20.2 Å². The minimum Gasteiger partial charge on any atom is -0.394 e. The molecular formula is C15H25N5O2S. The van der Waals surface area contributed by atoms with Crippen LogP contribution in [0.2, 0.25) is 0 Å². The Morgan fingerprint density at radius 2 is 2.09 bits per heavy atom. The Bertz CT molecular complexity index is 535. The molecular weight excluding hydrogens is 314 g/mol. The van der Waals surface area contributed by atoms with Gasteiger partial charge < -0.3 is 20.2 Å². The molecule has 2 rings (SSSR count). The Kier molecular flexibility index (Phi) is 6.61. The van der Waals surface area contributed by atoms with Gasteiger partial charge >= 0.3 is 0 Å². The third-order valence-electron chi connectivity index (χ3n) is 3.66. The highest BCUT2D eigenvalue weighted by molar-refractivity contribution is 7.99. The van der Waals surface area contributed by atoms with Crippen LogP contribution in [-0.4, -0.2) is 77.5 Å². The summed E-state index contributed by atoms with van der Waals surface area (Å²) in [5.74, 6) is 1.05. The van der Waals surface area contributed by atoms with Crippen LogP contribution in [0.3, 0.4) is 0 Å². The topological polar surface area (TPSA) is 81.6 Å². The molecule has 1 aromatic heterocycles. The quantitative estimate of drug-likeness (QED) is 0.563. The zero-order chi connectivity index (χ0) is 16.8. The first-order valence-corrected chi connectivity index (χ1v) is 8.78. The zero-order valence-electron chi connectivity index (χ0n) is 13.9. The summed E-state index contributed by atoms with van der Waals surface area (Å²) in [6, 6.07) is 1.76. The first-order chi connectivity index (χ1) is 11.0. The van der Waals surface area contributed by atoms with E-state index in [1.54, 1.807) is 6.92 Å². The molecule has 0 unspecified atom stereocenters. The predicted molar refractivity (Wildman–Crippen MR) is 91.9 cm³/mol. The molecule has 8 heteroatoms. The number of rotatable bonds is 6. The number of nitrogens with one attached hydrogen (secondary N) is 1. The van der Waals surface area contributed by atoms with E-state index in [1.807, 2.05) is 13.0 Å². The maximum atomic E-state index is 11.8. The van der Waals surface area contributed by atoms with Gasteiger partial charge in [0.1, 0.15) is 5.82 Å². The normalized spacial score (nSPS) is 17.1. The van der Waals surface area contributed by atoms with Crippen LogP contribution >= 0.6 is 11.8 Å². The molecule has 1 amide bonds. The van der Waals surface area contributed by atoms with E-state index in [-0.39, 0.29) is 24.3 Å². The standard InChI is InChI=1S/C15H25N5O2S/c1-11-8-13(20-6-4-19(3)5-7-20)18-15(17-11)23-10-14(22)16-12(2)9-21/h8,12,21H,4-7,9-10H2,1-3H3,(H,16,22)/t12-/m1/s1. The monoisotopic (exact) mass is 339 g/mol. The number of thioether (sulfide) groups is 1. The first-order valence-electron chi connectivity index (χ1n) is 7.80. The fraction of sp³-hybridized carbons (Fsp3) is 0.667. The van der Waals surface area contributed by atoms with Crippen molar-refractivity contribution in [3.8, 4) is 0 Å². The van der Waals surface area contributed by atoms with Gasteiger partial charge in [-0.3, -0.25) is 4.79 Å². The third-order valence-corrected chi connectivity index (χ3v) is 4.51. The van der Waals surface area contributed by atoms with Crippen LogP contribution in [0.5, 0.6) is 0 Å². The molecule has 0 aromatic carbocycles. The molecule has 1 saturated heterocycles. The van der Waals surface area contributed by atoms with Crippen molar-refractivity contribution in [3.05, 3.63) is 11.8 Å². The summed E-state index contributed by atoms with van der Waals surface area (Å²) in [6.07, 6.45) is 0. The molecule has 7 nitrogen and oxygen atoms in total. The maximum Gasteiger partial charge on any atom is 0.230 e. The fourth-order valence-corrected chi connectivity index (χ4v) is 2.99. The van der Waals surface area contributed by atoms with Crippen LogP contribution in [0, 0.1) is 6.92 Å². The number of carbonyl (C=O) groups is 1. The summed E-state index contributed by atoms with van der Waals surface area (Å²) in [6.45, 7) is 7.58. The SMILES string of the molecule is Cc1cc(N2CCN(C)CC2)nc(SCC(=O)N[C@H](C)CO)n1. The van der Waals surface area contributed by atoms with Crippen molar-refractivity contribution in [2.75, 3.05) is 50.5 Å². The van der Waals surface area contributed by atoms with Crippen LogP contribution in [-0.2, 0) is 4.79 Å². The largest absolute Gasteiger partial charge is 0.394 e. The minimum absolute atomic E-state index is 0.0646. The van der Waals surface area contributed by atoms with Gasteiger partial charge in [0.2, 0.25) is 5.91 Å². The van der Waals surface area contributed by atoms with E-state index in [0.29, 0.717) is 5.16 Å². The molecule has 1 aromatic rings. The maximum absolute atomic E-state index is 11.8. The van der Waals surface area contributed by atoms with Crippen molar-refractivity contribution in [2.24, 2.45) is 0 Å². The first kappa shape index (κ1) is 18.0. The highest BCUT2D eigenvalue weighted by Crippen LogP contribution is 2.20. The lowest BCUT2D eigenvalue weighted by atomic mass is 10.3. The lowest BCUT2D eigenvalue weighted by molar-refractivity contribution is -0.119. The van der Waals surface area contributed by atoms with Gasteiger partial charge in [-0.25, -0.2) is 9.97 Å². The van der Waals surface area contributed by atoms with Gasteiger partial charge in [-0.1, -0.05) is 11.8 Å². The molecule has 0 bridgehead atoms. The molecule has 128 valence electrons. The van der Waals surface area contributed by atoms with Crippen LogP contribution in [0.1, 0.15) is 12.6 Å². The molecule has 2 heterocycles. The Hall–Kier alpha value is -1.38. The summed E-state index contributed by atoms with van der Waals surface area (Å²) in [7, 11) is 2.12. The molecule has 2 N–H and O–H groups in total. The van der Waals surface area contributed by atoms with Crippen molar-refractivity contribution >= 4 is 23.5 Å². The number of nitrogens with zero attached hydrogens (tertiary/aromatic N) is 4. The van der Waals surface area contributed by atoms with E-state index in [1.165, 1.54) is 11.8 Å². The van der Waals surface area contributed by atoms with Gasteiger partial charge in [-0.05, 0) is 20.9 Å². The van der Waals surface area contributed by atoms with Crippen molar-refractivity contribution in [1.29, 1.82) is 0 Å². The second kappa shape index (κ2) is 8.47. The van der Waals surface area contributed by atoms with Crippen molar-refractivity contribution < 1.29 is 9.90 Å². The Labute approximate surface area is 141 Å². The number of piperazine rings is 1. The smallest absolute Gasteiger partial charge is 0.230 e. The van der Waals surface area contributed by atoms with Crippen LogP contribution in [0.4, 0.5) is 5.82 Å². The third kappa shape index (κ3) is 5.63. The number of carbonyl (C=O) groups excluding carboxylic acids is 1. The molecule has 1 atom stereocenters. The molecule has 0 saturated carbocycles. The van der Waals surface area contributed by atoms with E-state index in [0.717, 1.165) is 37.7 Å². The average Bonchev–Trinajstić information content (AvgIpc) is 2.53. The average molecular weight is 339 g/mol. The van der Waals surface area contributed by atoms with Crippen LogP contribution in [0.15, 0.2) is 11.2 Å². The number of anilines is 1. The van der Waals surface area contributed by atoms with Crippen molar-refractivity contribution in [3.63, 3.8) is 0 Å². The van der Waals surface area contributed by atoms with E-state index in [2.05, 4.69) is 32.1 Å². The summed E-state index contributed by atoms with van der Waals surface area (Å²) < 4.78 is 0. The highest BCUT2D eigenvalue weighted by Gasteiger charge is 2.17. The van der Waals surface area contributed by atoms with E-state index >= 15 is 0 Å². The second-order valence-corrected chi connectivity index (χ2v) is 6.82. The Morgan fingerprint density at radius 1 is 1.39 bits per heavy atom. The second-order valence-electron chi connectivity index (χ2n) is 5.88. The number of aliphatic hydroxyl groups excluding tert-OH is 1. The molecule has 23 heavy (non-hydrogen) atoms. The summed E-state index contributed by atoms with van der Waals surface area (Å²) >= 11 is 1.32. The number of likely N-dealkylation sites (N-methyl/N-ethyl adjacent to an activating group) is 1. The summed E-state index contributed by atoms with van der Waals surface area (Å²) in [5, 5.41) is 12.3. The number of hydrogen-bond donors (Lipinski definition) is 2. The lowest BCUT2D eigenvalue weighted by Gasteiger charge is -2.33. The van der Waals surface area contributed by atoms with E-state index in [9.17, 15) is 4.79 Å². The Morgan fingerprint density at radius 3 is 2.74 bits per heavy atom. The highest BCUT2D eigenvalue weighted by atomic mass is 32.2. The van der Waals surface area contributed by atoms with Gasteiger partial charge in [-0.15, -0.1) is 0 Å². The van der Waals surface area contributed by atoms with Crippen LogP contribution < -0.4 is 10.2 Å². The van der Waals surface area contributed by atoms with Gasteiger partial charge in [0.25, 0.3) is 0 Å². The van der Waals surface area contributed by atoms with E-state index < -0.39 is 0 Å². The minimum atomic E-state index is -0.234. The summed E-state index contributed by atoms with van der Waals surface area (Å²) in [4.78, 5) is 25.3. The van der Waals surface area contributed by atoms with Gasteiger partial charge in [-0.2, -0.15) is 0 Å². The molecule has 1 aliphatic heterocycles. The van der Waals surface area contributed by atoms with Gasteiger partial charge in [0.15, 0.2) is 5.16 Å². The van der Waals surface area contributed by atoms with E-state index in [4.69, 9.17) is 5.11 Å². The number of hydrogen-bond acceptors (Lipinski definition) is 7. The molecule has 0 spiro atoms. The lowest BCUT2D eigenvalue weighted by Crippen LogP contribution is -2.44. The van der Waals surface area contributed by atoms with Crippen LogP contribution in [0.25, 0.3) is 0 Å². The molecule has 0 aliphatic carbocycles. The molecule has 1 aliphatic rings. The number of aliphatic hydroxyl groups is 1. The number of aromatic nitrogens is 2. The van der Waals surface area contributed by atoms with Gasteiger partial charge in [0.05, 0.1) is 12.4 Å². The molecule has 1 fully saturated rings. The number of aryl methyl sites for hydroxylation is 1. The zero-order valence-corrected chi connectivity index (χ0v) is 14.8. The predicted octanol–water partition coefficient (Wildman–Crippen LogP) is 0.126. The van der Waals surface area contributed by atoms with Gasteiger partial charge in [0, 0.05) is 44.0 Å².